The van der Waals surface area contributed by atoms with Gasteiger partial charge in [-0.3, -0.25) is 0 Å². The first-order chi connectivity index (χ1) is 5.27. The minimum atomic E-state index is 0.458. The molecule has 56 valence electrons. The second kappa shape index (κ2) is 2.13. The zero-order chi connectivity index (χ0) is 7.84. The summed E-state index contributed by atoms with van der Waals surface area (Å²) in [5.74, 6) is 0.458. The summed E-state index contributed by atoms with van der Waals surface area (Å²) in [6, 6.07) is 0. The Kier molecular flexibility index (Phi) is 1.25. The van der Waals surface area contributed by atoms with Crippen molar-refractivity contribution in [3.63, 3.8) is 0 Å². The van der Waals surface area contributed by atoms with Gasteiger partial charge in [0, 0.05) is 0 Å². The lowest BCUT2D eigenvalue weighted by Crippen LogP contribution is -1.91. The maximum atomic E-state index is 5.56. The van der Waals surface area contributed by atoms with Gasteiger partial charge in [0.2, 0.25) is 0 Å². The topological polar surface area (TPSA) is 64.7 Å². The van der Waals surface area contributed by atoms with E-state index in [0.29, 0.717) is 5.82 Å². The van der Waals surface area contributed by atoms with Gasteiger partial charge < -0.3 is 5.73 Å². The van der Waals surface area contributed by atoms with E-state index >= 15 is 0 Å². The van der Waals surface area contributed by atoms with Crippen molar-refractivity contribution in [3.05, 3.63) is 11.3 Å². The van der Waals surface area contributed by atoms with E-state index in [9.17, 15) is 0 Å². The lowest BCUT2D eigenvalue weighted by molar-refractivity contribution is 1.22. The van der Waals surface area contributed by atoms with Crippen LogP contribution in [0.15, 0.2) is 6.33 Å². The van der Waals surface area contributed by atoms with Crippen LogP contribution >= 0.6 is 11.3 Å². The fraction of sp³-hybridized carbons (Fsp3) is 0.167. The third kappa shape index (κ3) is 0.932. The number of hydrogen-bond acceptors (Lipinski definition) is 5. The predicted octanol–water partition coefficient (Wildman–Crippen LogP) is 0.977. The molecule has 0 unspecified atom stereocenters. The highest BCUT2D eigenvalue weighted by Crippen LogP contribution is 2.21. The van der Waals surface area contributed by atoms with Crippen molar-refractivity contribution in [2.24, 2.45) is 0 Å². The molecule has 2 rings (SSSR count). The van der Waals surface area contributed by atoms with E-state index in [1.165, 1.54) is 17.7 Å². The molecule has 2 N–H and O–H groups in total. The van der Waals surface area contributed by atoms with Crippen molar-refractivity contribution < 1.29 is 0 Å². The number of nitrogens with zero attached hydrogens (tertiary/aromatic N) is 3. The fourth-order valence-electron chi connectivity index (χ4n) is 0.875. The maximum Gasteiger partial charge on any atom is 0.154 e. The van der Waals surface area contributed by atoms with E-state index in [4.69, 9.17) is 5.73 Å². The molecule has 5 heteroatoms. The first-order valence-electron chi connectivity index (χ1n) is 3.11. The van der Waals surface area contributed by atoms with Crippen LogP contribution < -0.4 is 5.73 Å². The summed E-state index contributed by atoms with van der Waals surface area (Å²) in [6.07, 6.45) is 1.45. The monoisotopic (exact) mass is 166 g/mol. The number of hydrogen-bond donors (Lipinski definition) is 1. The minimum Gasteiger partial charge on any atom is -0.382 e. The molecule has 0 atom stereocenters. The number of aryl methyl sites for hydroxylation is 1. The number of thiazole rings is 1. The number of nitrogen functional groups attached to an aromatic ring is 1. The third-order valence-electron chi connectivity index (χ3n) is 1.33. The number of anilines is 1. The number of aromatic nitrogens is 3. The van der Waals surface area contributed by atoms with Gasteiger partial charge in [-0.2, -0.15) is 0 Å². The molecular weight excluding hydrogens is 160 g/mol. The molecular formula is C6H6N4S. The molecule has 11 heavy (non-hydrogen) atoms. The Labute approximate surface area is 67.1 Å². The highest BCUT2D eigenvalue weighted by molar-refractivity contribution is 7.18. The van der Waals surface area contributed by atoms with Crippen LogP contribution in [-0.2, 0) is 0 Å². The first-order valence-corrected chi connectivity index (χ1v) is 3.92. The van der Waals surface area contributed by atoms with Crippen LogP contribution in [0.2, 0.25) is 0 Å². The average molecular weight is 166 g/mol. The van der Waals surface area contributed by atoms with E-state index in [1.54, 1.807) is 0 Å². The van der Waals surface area contributed by atoms with Crippen LogP contribution in [0.4, 0.5) is 5.82 Å². The largest absolute Gasteiger partial charge is 0.382 e. The summed E-state index contributed by atoms with van der Waals surface area (Å²) in [6.45, 7) is 1.92. The molecule has 0 saturated carbocycles. The highest BCUT2D eigenvalue weighted by atomic mass is 32.1. The molecule has 0 spiro atoms. The third-order valence-corrected chi connectivity index (χ3v) is 2.21. The molecule has 0 aromatic carbocycles. The Hall–Kier alpha value is -1.23. The van der Waals surface area contributed by atoms with Crippen LogP contribution in [0.3, 0.4) is 0 Å². The molecule has 2 aromatic rings. The van der Waals surface area contributed by atoms with Crippen LogP contribution in [0.5, 0.6) is 0 Å². The summed E-state index contributed by atoms with van der Waals surface area (Å²) < 4.78 is 0. The van der Waals surface area contributed by atoms with Crippen LogP contribution in [0, 0.1) is 6.92 Å². The molecule has 0 aliphatic heterocycles. The fourth-order valence-corrected chi connectivity index (χ4v) is 1.64. The Morgan fingerprint density at radius 3 is 3.00 bits per heavy atom. The molecule has 2 aromatic heterocycles. The van der Waals surface area contributed by atoms with Crippen molar-refractivity contribution in [2.75, 3.05) is 5.73 Å². The molecule has 0 radical (unpaired) electrons. The predicted molar refractivity (Wildman–Crippen MR) is 44.4 cm³/mol. The summed E-state index contributed by atoms with van der Waals surface area (Å²) >= 11 is 1.52. The number of fused-ring (bicyclic) bond motifs is 1. The van der Waals surface area contributed by atoms with Gasteiger partial charge in [-0.05, 0) is 6.92 Å². The zero-order valence-corrected chi connectivity index (χ0v) is 6.72. The standard InChI is InChI=1S/C6H6N4S/c1-3-10-4-5(7)8-2-9-6(4)11-3/h2H,1H3,(H2,7,8,9). The number of nitrogens with two attached hydrogens (primary N) is 1. The smallest absolute Gasteiger partial charge is 0.154 e. The van der Waals surface area contributed by atoms with Crippen LogP contribution in [0.1, 0.15) is 5.01 Å². The van der Waals surface area contributed by atoms with Crippen LogP contribution in [-0.4, -0.2) is 15.0 Å². The van der Waals surface area contributed by atoms with Gasteiger partial charge in [-0.15, -0.1) is 0 Å². The van der Waals surface area contributed by atoms with Gasteiger partial charge in [-0.1, -0.05) is 11.3 Å². The van der Waals surface area contributed by atoms with E-state index in [2.05, 4.69) is 15.0 Å². The number of rotatable bonds is 0. The van der Waals surface area contributed by atoms with Crippen molar-refractivity contribution in [3.8, 4) is 0 Å². The van der Waals surface area contributed by atoms with Crippen LogP contribution in [0.25, 0.3) is 10.3 Å². The Balaban J connectivity index is 2.90. The van der Waals surface area contributed by atoms with Gasteiger partial charge in [-0.25, -0.2) is 15.0 Å². The van der Waals surface area contributed by atoms with Gasteiger partial charge in [0.1, 0.15) is 16.7 Å². The Morgan fingerprint density at radius 1 is 1.45 bits per heavy atom. The normalized spacial score (nSPS) is 10.6. The van der Waals surface area contributed by atoms with Crippen molar-refractivity contribution >= 4 is 27.5 Å². The lowest BCUT2D eigenvalue weighted by Gasteiger charge is -1.88. The van der Waals surface area contributed by atoms with Crippen molar-refractivity contribution in [1.82, 2.24) is 15.0 Å². The van der Waals surface area contributed by atoms with E-state index in [-0.39, 0.29) is 0 Å². The second-order valence-corrected chi connectivity index (χ2v) is 3.33. The summed E-state index contributed by atoms with van der Waals surface area (Å²) in [5, 5.41) is 0.965. The molecule has 0 aliphatic rings. The van der Waals surface area contributed by atoms with Gasteiger partial charge in [0.25, 0.3) is 0 Å². The second-order valence-electron chi connectivity index (χ2n) is 2.15. The van der Waals surface area contributed by atoms with Gasteiger partial charge in [0.15, 0.2) is 5.82 Å². The molecule has 0 saturated heterocycles. The van der Waals surface area contributed by atoms with Crippen molar-refractivity contribution in [2.45, 2.75) is 6.92 Å². The Morgan fingerprint density at radius 2 is 2.27 bits per heavy atom. The van der Waals surface area contributed by atoms with E-state index < -0.39 is 0 Å². The molecule has 2 heterocycles. The average Bonchev–Trinajstić information content (AvgIpc) is 2.31. The SMILES string of the molecule is Cc1nc2c(N)ncnc2s1. The van der Waals surface area contributed by atoms with Crippen molar-refractivity contribution in [1.29, 1.82) is 0 Å². The molecule has 0 aliphatic carbocycles. The molecule has 0 bridgehead atoms. The molecule has 4 nitrogen and oxygen atoms in total. The zero-order valence-electron chi connectivity index (χ0n) is 5.90. The lowest BCUT2D eigenvalue weighted by atomic mass is 10.5. The summed E-state index contributed by atoms with van der Waals surface area (Å²) in [5.41, 5.74) is 6.28. The highest BCUT2D eigenvalue weighted by Gasteiger charge is 2.03. The molecule has 0 fully saturated rings. The quantitative estimate of drug-likeness (QED) is 0.633. The van der Waals surface area contributed by atoms with Gasteiger partial charge >= 0.3 is 0 Å². The minimum absolute atomic E-state index is 0.458. The maximum absolute atomic E-state index is 5.56. The summed E-state index contributed by atoms with van der Waals surface area (Å²) in [4.78, 5) is 12.9. The summed E-state index contributed by atoms with van der Waals surface area (Å²) in [7, 11) is 0. The van der Waals surface area contributed by atoms with E-state index in [1.807, 2.05) is 6.92 Å². The first kappa shape index (κ1) is 6.48. The van der Waals surface area contributed by atoms with E-state index in [0.717, 1.165) is 15.4 Å². The molecule has 0 amide bonds. The van der Waals surface area contributed by atoms with Gasteiger partial charge in [0.05, 0.1) is 5.01 Å². The Bertz CT molecular complexity index is 394.